The van der Waals surface area contributed by atoms with Crippen molar-refractivity contribution in [1.29, 1.82) is 0 Å². The monoisotopic (exact) mass is 380 g/mol. The maximum Gasteiger partial charge on any atom is 0.191 e. The van der Waals surface area contributed by atoms with Crippen LogP contribution in [0.15, 0.2) is 54.6 Å². The number of phenolic OH excluding ortho intramolecular Hbond substituents is 4. The summed E-state index contributed by atoms with van der Waals surface area (Å²) in [5.74, 6) is -1.36. The van der Waals surface area contributed by atoms with E-state index in [4.69, 9.17) is 0 Å². The molecule has 0 aliphatic heterocycles. The lowest BCUT2D eigenvalue weighted by Gasteiger charge is -2.16. The van der Waals surface area contributed by atoms with E-state index in [0.717, 1.165) is 0 Å². The number of carbonyl (C=O) groups is 1. The number of phenols is 4. The Kier molecular flexibility index (Phi) is 5.52. The average molecular weight is 380 g/mol. The minimum atomic E-state index is -0.801. The Morgan fingerprint density at radius 3 is 1.79 bits per heavy atom. The van der Waals surface area contributed by atoms with E-state index in [1.807, 2.05) is 0 Å². The van der Waals surface area contributed by atoms with E-state index >= 15 is 0 Å². The summed E-state index contributed by atoms with van der Waals surface area (Å²) in [5, 5.41) is 50.6. The molecule has 0 radical (unpaired) electrons. The topological polar surface area (TPSA) is 118 Å². The fourth-order valence-corrected chi connectivity index (χ4v) is 3.10. The summed E-state index contributed by atoms with van der Waals surface area (Å²) < 4.78 is 0. The van der Waals surface area contributed by atoms with E-state index < -0.39 is 18.1 Å². The molecule has 0 spiro atoms. The van der Waals surface area contributed by atoms with Crippen molar-refractivity contribution in [3.05, 3.63) is 82.4 Å². The van der Waals surface area contributed by atoms with Gasteiger partial charge in [0.25, 0.3) is 0 Å². The lowest BCUT2D eigenvalue weighted by molar-refractivity contribution is 0.0900. The summed E-state index contributed by atoms with van der Waals surface area (Å²) >= 11 is 0. The minimum absolute atomic E-state index is 0.0116. The third-order valence-corrected chi connectivity index (χ3v) is 4.62. The molecule has 144 valence electrons. The second-order valence-electron chi connectivity index (χ2n) is 6.45. The predicted molar refractivity (Wildman–Crippen MR) is 103 cm³/mol. The number of aromatic hydroxyl groups is 4. The van der Waals surface area contributed by atoms with Crippen molar-refractivity contribution in [1.82, 2.24) is 0 Å². The van der Waals surface area contributed by atoms with Gasteiger partial charge >= 0.3 is 0 Å². The maximum absolute atomic E-state index is 12.1. The van der Waals surface area contributed by atoms with Crippen molar-refractivity contribution in [2.24, 2.45) is 0 Å². The normalized spacial score (nSPS) is 10.8. The number of hydrogen-bond donors (Lipinski definition) is 5. The van der Waals surface area contributed by atoms with Gasteiger partial charge in [0.1, 0.15) is 29.6 Å². The van der Waals surface area contributed by atoms with E-state index in [1.165, 1.54) is 18.2 Å². The number of ketones is 1. The van der Waals surface area contributed by atoms with Gasteiger partial charge in [0.05, 0.1) is 5.56 Å². The number of benzene rings is 3. The highest BCUT2D eigenvalue weighted by Gasteiger charge is 2.22. The number of aliphatic hydroxyl groups excluding tert-OH is 1. The van der Waals surface area contributed by atoms with Crippen molar-refractivity contribution in [3.63, 3.8) is 0 Å². The van der Waals surface area contributed by atoms with E-state index in [1.54, 1.807) is 36.4 Å². The molecule has 0 atom stereocenters. The number of rotatable bonds is 6. The molecule has 3 aromatic rings. The quantitative estimate of drug-likeness (QED) is 0.420. The van der Waals surface area contributed by atoms with Gasteiger partial charge in [-0.15, -0.1) is 0 Å². The Morgan fingerprint density at radius 2 is 1.25 bits per heavy atom. The lowest BCUT2D eigenvalue weighted by atomic mass is 9.92. The van der Waals surface area contributed by atoms with Gasteiger partial charge in [0.2, 0.25) is 0 Å². The molecule has 0 aliphatic carbocycles. The molecule has 0 aromatic heterocycles. The number of Topliss-reactive ketones (excluding diaryl/α,β-unsaturated/α-hetero) is 1. The van der Waals surface area contributed by atoms with Gasteiger partial charge in [-0.2, -0.15) is 0 Å². The average Bonchev–Trinajstić information content (AvgIpc) is 2.69. The molecule has 6 heteroatoms. The van der Waals surface area contributed by atoms with Gasteiger partial charge in [-0.05, 0) is 34.9 Å². The van der Waals surface area contributed by atoms with Gasteiger partial charge in [-0.1, -0.05) is 36.4 Å². The highest BCUT2D eigenvalue weighted by molar-refractivity contribution is 6.00. The zero-order chi connectivity index (χ0) is 20.3. The fraction of sp³-hybridized carbons (Fsp3) is 0.136. The highest BCUT2D eigenvalue weighted by Crippen LogP contribution is 2.39. The molecule has 0 amide bonds. The van der Waals surface area contributed by atoms with Crippen LogP contribution < -0.4 is 0 Å². The maximum atomic E-state index is 12.1. The Labute approximate surface area is 161 Å². The molecule has 5 N–H and O–H groups in total. The van der Waals surface area contributed by atoms with Crippen LogP contribution in [0.2, 0.25) is 0 Å². The molecule has 0 unspecified atom stereocenters. The summed E-state index contributed by atoms with van der Waals surface area (Å²) in [5.41, 5.74) is 1.22. The van der Waals surface area contributed by atoms with Crippen LogP contribution in [-0.4, -0.2) is 37.9 Å². The number of aliphatic hydroxyl groups is 1. The zero-order valence-electron chi connectivity index (χ0n) is 15.0. The molecule has 0 aliphatic rings. The largest absolute Gasteiger partial charge is 0.508 e. The second-order valence-corrected chi connectivity index (χ2v) is 6.45. The first-order chi connectivity index (χ1) is 13.4. The van der Waals surface area contributed by atoms with Crippen molar-refractivity contribution < 1.29 is 30.3 Å². The Bertz CT molecular complexity index is 1030. The second kappa shape index (κ2) is 8.02. The van der Waals surface area contributed by atoms with Crippen LogP contribution in [0.1, 0.15) is 32.6 Å². The van der Waals surface area contributed by atoms with Gasteiger partial charge in [-0.3, -0.25) is 4.79 Å². The molecular weight excluding hydrogens is 360 g/mol. The van der Waals surface area contributed by atoms with E-state index in [0.29, 0.717) is 16.7 Å². The summed E-state index contributed by atoms with van der Waals surface area (Å²) in [6.45, 7) is -0.801. The lowest BCUT2D eigenvalue weighted by Crippen LogP contribution is -2.08. The summed E-state index contributed by atoms with van der Waals surface area (Å²) in [7, 11) is 0. The SMILES string of the molecule is O=C(CO)c1cc(Cc2ccccc2O)c(O)c(Cc2ccccc2O)c1O. The molecule has 0 heterocycles. The Morgan fingerprint density at radius 1 is 0.714 bits per heavy atom. The van der Waals surface area contributed by atoms with Gasteiger partial charge in [0, 0.05) is 18.4 Å². The fourth-order valence-electron chi connectivity index (χ4n) is 3.10. The van der Waals surface area contributed by atoms with E-state index in [9.17, 15) is 30.3 Å². The highest BCUT2D eigenvalue weighted by atomic mass is 16.3. The van der Waals surface area contributed by atoms with Gasteiger partial charge < -0.3 is 25.5 Å². The predicted octanol–water partition coefficient (Wildman–Crippen LogP) is 2.87. The third kappa shape index (κ3) is 3.77. The molecule has 0 bridgehead atoms. The van der Waals surface area contributed by atoms with Crippen LogP contribution in [0.25, 0.3) is 0 Å². The number of para-hydroxylation sites is 2. The summed E-state index contributed by atoms with van der Waals surface area (Å²) in [6.07, 6.45) is 0.0862. The first kappa shape index (κ1) is 19.3. The Hall–Kier alpha value is -3.51. The van der Waals surface area contributed by atoms with Crippen LogP contribution in [0.4, 0.5) is 0 Å². The van der Waals surface area contributed by atoms with E-state index in [-0.39, 0.29) is 41.2 Å². The van der Waals surface area contributed by atoms with Crippen LogP contribution in [0.5, 0.6) is 23.0 Å². The number of carbonyl (C=O) groups excluding carboxylic acids is 1. The molecule has 28 heavy (non-hydrogen) atoms. The molecule has 3 aromatic carbocycles. The standard InChI is InChI=1S/C22H20O6/c23-12-20(26)16-11-15(9-13-5-1-3-7-18(13)24)21(27)17(22(16)28)10-14-6-2-4-8-19(14)25/h1-8,11,23-25,27-28H,9-10,12H2. The van der Waals surface area contributed by atoms with Crippen molar-refractivity contribution in [2.45, 2.75) is 12.8 Å². The molecule has 0 saturated heterocycles. The van der Waals surface area contributed by atoms with Crippen molar-refractivity contribution >= 4 is 5.78 Å². The first-order valence-corrected chi connectivity index (χ1v) is 8.66. The smallest absolute Gasteiger partial charge is 0.191 e. The molecule has 0 saturated carbocycles. The molecular formula is C22H20O6. The van der Waals surface area contributed by atoms with E-state index in [2.05, 4.69) is 0 Å². The zero-order valence-corrected chi connectivity index (χ0v) is 15.0. The molecule has 6 nitrogen and oxygen atoms in total. The summed E-state index contributed by atoms with van der Waals surface area (Å²) in [4.78, 5) is 12.1. The Balaban J connectivity index is 2.13. The van der Waals surface area contributed by atoms with Crippen LogP contribution in [0, 0.1) is 0 Å². The third-order valence-electron chi connectivity index (χ3n) is 4.62. The van der Waals surface area contributed by atoms with Crippen LogP contribution in [0.3, 0.4) is 0 Å². The van der Waals surface area contributed by atoms with Crippen molar-refractivity contribution in [3.8, 4) is 23.0 Å². The molecule has 0 fully saturated rings. The molecule has 3 rings (SSSR count). The minimum Gasteiger partial charge on any atom is -0.508 e. The van der Waals surface area contributed by atoms with Gasteiger partial charge in [0.15, 0.2) is 5.78 Å². The van der Waals surface area contributed by atoms with Gasteiger partial charge in [-0.25, -0.2) is 0 Å². The van der Waals surface area contributed by atoms with Crippen LogP contribution >= 0.6 is 0 Å². The van der Waals surface area contributed by atoms with Crippen LogP contribution in [-0.2, 0) is 12.8 Å². The van der Waals surface area contributed by atoms with Crippen molar-refractivity contribution in [2.75, 3.05) is 6.61 Å². The summed E-state index contributed by atoms with van der Waals surface area (Å²) in [6, 6.07) is 14.4. The number of hydrogen-bond acceptors (Lipinski definition) is 6. The first-order valence-electron chi connectivity index (χ1n) is 8.66.